The third kappa shape index (κ3) is 2.57. The molecule has 1 aromatic carbocycles. The number of rotatable bonds is 4. The molecule has 0 unspecified atom stereocenters. The van der Waals surface area contributed by atoms with Crippen molar-refractivity contribution in [3.8, 4) is 0 Å². The van der Waals surface area contributed by atoms with Crippen LogP contribution in [0.25, 0.3) is 0 Å². The van der Waals surface area contributed by atoms with Gasteiger partial charge in [-0.05, 0) is 23.7 Å². The van der Waals surface area contributed by atoms with Crippen molar-refractivity contribution in [1.29, 1.82) is 0 Å². The summed E-state index contributed by atoms with van der Waals surface area (Å²) < 4.78 is 57.1. The van der Waals surface area contributed by atoms with Crippen molar-refractivity contribution in [2.75, 3.05) is 0 Å². The highest BCUT2D eigenvalue weighted by Gasteiger charge is 2.37. The molecule has 0 atom stereocenters. The fourth-order valence-corrected chi connectivity index (χ4v) is 2.17. The Morgan fingerprint density at radius 1 is 0.600 bits per heavy atom. The predicted octanol–water partition coefficient (Wildman–Crippen LogP) is 5.62. The fraction of sp³-hybridized carbons (Fsp3) is 0.625. The van der Waals surface area contributed by atoms with Crippen LogP contribution in [-0.4, -0.2) is 0 Å². The third-order valence-corrected chi connectivity index (χ3v) is 4.38. The number of halogens is 4. The van der Waals surface area contributed by atoms with E-state index in [9.17, 15) is 17.6 Å². The van der Waals surface area contributed by atoms with Crippen LogP contribution in [0.1, 0.15) is 65.5 Å². The molecule has 0 saturated carbocycles. The Bertz CT molecular complexity index is 440. The van der Waals surface area contributed by atoms with E-state index in [4.69, 9.17) is 0 Å². The maximum Gasteiger partial charge on any atom is 0.166 e. The van der Waals surface area contributed by atoms with E-state index in [-0.39, 0.29) is 0 Å². The fourth-order valence-electron chi connectivity index (χ4n) is 2.17. The molecule has 0 heterocycles. The minimum Gasteiger partial charge on any atom is -0.203 e. The summed E-state index contributed by atoms with van der Waals surface area (Å²) in [6, 6.07) is 0. The second-order valence-corrected chi connectivity index (χ2v) is 6.48. The molecule has 0 aromatic heterocycles. The molecule has 0 bridgehead atoms. The van der Waals surface area contributed by atoms with Crippen molar-refractivity contribution >= 4 is 0 Å². The predicted molar refractivity (Wildman–Crippen MR) is 72.9 cm³/mol. The SMILES string of the molecule is CCC(C)(C)c1c(F)c(F)c(C(C)(C)CC)c(F)c1F. The van der Waals surface area contributed by atoms with Gasteiger partial charge in [0.25, 0.3) is 0 Å². The summed E-state index contributed by atoms with van der Waals surface area (Å²) in [5.74, 6) is -5.08. The Kier molecular flexibility index (Phi) is 4.57. The van der Waals surface area contributed by atoms with Crippen LogP contribution < -0.4 is 0 Å². The van der Waals surface area contributed by atoms with Gasteiger partial charge in [-0.2, -0.15) is 0 Å². The molecule has 0 aliphatic rings. The molecule has 0 radical (unpaired) electrons. The highest BCUT2D eigenvalue weighted by Crippen LogP contribution is 2.39. The molecule has 0 aliphatic carbocycles. The lowest BCUT2D eigenvalue weighted by Gasteiger charge is -2.29. The van der Waals surface area contributed by atoms with E-state index in [1.807, 2.05) is 0 Å². The van der Waals surface area contributed by atoms with Crippen LogP contribution >= 0.6 is 0 Å². The van der Waals surface area contributed by atoms with Gasteiger partial charge in [0, 0.05) is 11.1 Å². The van der Waals surface area contributed by atoms with Crippen LogP contribution in [0.2, 0.25) is 0 Å². The highest BCUT2D eigenvalue weighted by atomic mass is 19.2. The molecule has 4 heteroatoms. The van der Waals surface area contributed by atoms with Gasteiger partial charge in [0.15, 0.2) is 23.3 Å². The van der Waals surface area contributed by atoms with E-state index in [0.29, 0.717) is 12.8 Å². The molecule has 0 spiro atoms. The lowest BCUT2D eigenvalue weighted by molar-refractivity contribution is 0.352. The van der Waals surface area contributed by atoms with Crippen LogP contribution in [0.4, 0.5) is 17.6 Å². The smallest absolute Gasteiger partial charge is 0.166 e. The zero-order valence-electron chi connectivity index (χ0n) is 12.9. The molecular formula is C16H22F4. The molecular weight excluding hydrogens is 268 g/mol. The Morgan fingerprint density at radius 3 is 0.950 bits per heavy atom. The Morgan fingerprint density at radius 2 is 0.800 bits per heavy atom. The summed E-state index contributed by atoms with van der Waals surface area (Å²) in [5, 5.41) is 0. The minimum atomic E-state index is -1.27. The first-order valence-electron chi connectivity index (χ1n) is 6.88. The zero-order chi connectivity index (χ0) is 15.9. The summed E-state index contributed by atoms with van der Waals surface area (Å²) in [6.45, 7) is 9.71. The van der Waals surface area contributed by atoms with Crippen molar-refractivity contribution < 1.29 is 17.6 Å². The van der Waals surface area contributed by atoms with Gasteiger partial charge in [-0.15, -0.1) is 0 Å². The molecule has 0 N–H and O–H groups in total. The summed E-state index contributed by atoms with van der Waals surface area (Å²) in [7, 11) is 0. The first-order valence-corrected chi connectivity index (χ1v) is 6.88. The van der Waals surface area contributed by atoms with Crippen molar-refractivity contribution in [2.24, 2.45) is 0 Å². The van der Waals surface area contributed by atoms with E-state index in [0.717, 1.165) is 0 Å². The normalized spacial score (nSPS) is 12.9. The average molecular weight is 290 g/mol. The molecule has 0 nitrogen and oxygen atoms in total. The molecule has 114 valence electrons. The van der Waals surface area contributed by atoms with E-state index < -0.39 is 45.2 Å². The van der Waals surface area contributed by atoms with E-state index >= 15 is 0 Å². The minimum absolute atomic E-state index is 0.371. The van der Waals surface area contributed by atoms with Crippen molar-refractivity contribution in [3.63, 3.8) is 0 Å². The van der Waals surface area contributed by atoms with E-state index in [2.05, 4.69) is 0 Å². The molecule has 1 aromatic rings. The summed E-state index contributed by atoms with van der Waals surface area (Å²) >= 11 is 0. The first-order chi connectivity index (χ1) is 9.01. The molecule has 0 fully saturated rings. The molecule has 0 aliphatic heterocycles. The zero-order valence-corrected chi connectivity index (χ0v) is 12.9. The summed E-state index contributed by atoms with van der Waals surface area (Å²) in [6.07, 6.45) is 0.743. The van der Waals surface area contributed by atoms with Gasteiger partial charge in [0.1, 0.15) is 0 Å². The van der Waals surface area contributed by atoms with Crippen LogP contribution in [-0.2, 0) is 10.8 Å². The summed E-state index contributed by atoms with van der Waals surface area (Å²) in [5.41, 5.74) is -2.95. The van der Waals surface area contributed by atoms with E-state index in [1.165, 1.54) is 0 Å². The van der Waals surface area contributed by atoms with Gasteiger partial charge in [-0.25, -0.2) is 17.6 Å². The standard InChI is InChI=1S/C16H22F4/c1-7-15(3,4)9-11(17)13(19)10(14(20)12(9)18)16(5,6)8-2/h7-8H2,1-6H3. The van der Waals surface area contributed by atoms with Crippen LogP contribution in [0.5, 0.6) is 0 Å². The topological polar surface area (TPSA) is 0 Å². The van der Waals surface area contributed by atoms with Crippen LogP contribution in [0.15, 0.2) is 0 Å². The molecule has 0 saturated heterocycles. The second kappa shape index (κ2) is 5.38. The van der Waals surface area contributed by atoms with Gasteiger partial charge >= 0.3 is 0 Å². The van der Waals surface area contributed by atoms with Gasteiger partial charge in [0.2, 0.25) is 0 Å². The highest BCUT2D eigenvalue weighted by molar-refractivity contribution is 5.37. The molecule has 20 heavy (non-hydrogen) atoms. The lowest BCUT2D eigenvalue weighted by Crippen LogP contribution is -2.27. The van der Waals surface area contributed by atoms with Crippen LogP contribution in [0.3, 0.4) is 0 Å². The first kappa shape index (κ1) is 17.0. The van der Waals surface area contributed by atoms with Crippen molar-refractivity contribution in [3.05, 3.63) is 34.4 Å². The number of benzene rings is 1. The lowest BCUT2D eigenvalue weighted by atomic mass is 9.76. The average Bonchev–Trinajstić information content (AvgIpc) is 2.36. The maximum atomic E-state index is 14.3. The Hall–Kier alpha value is -1.06. The van der Waals surface area contributed by atoms with Gasteiger partial charge in [-0.1, -0.05) is 41.5 Å². The quantitative estimate of drug-likeness (QED) is 0.499. The molecule has 0 amide bonds. The number of hydrogen-bond donors (Lipinski definition) is 0. The summed E-state index contributed by atoms with van der Waals surface area (Å²) in [4.78, 5) is 0. The van der Waals surface area contributed by atoms with Gasteiger partial charge in [-0.3, -0.25) is 0 Å². The van der Waals surface area contributed by atoms with Crippen molar-refractivity contribution in [2.45, 2.75) is 65.2 Å². The second-order valence-electron chi connectivity index (χ2n) is 6.48. The van der Waals surface area contributed by atoms with Gasteiger partial charge in [0.05, 0.1) is 0 Å². The number of hydrogen-bond acceptors (Lipinski definition) is 0. The van der Waals surface area contributed by atoms with Gasteiger partial charge < -0.3 is 0 Å². The monoisotopic (exact) mass is 290 g/mol. The van der Waals surface area contributed by atoms with Crippen molar-refractivity contribution in [1.82, 2.24) is 0 Å². The maximum absolute atomic E-state index is 14.3. The Labute approximate surface area is 118 Å². The molecule has 1 rings (SSSR count). The largest absolute Gasteiger partial charge is 0.203 e. The van der Waals surface area contributed by atoms with Crippen LogP contribution in [0, 0.1) is 23.3 Å². The third-order valence-electron chi connectivity index (χ3n) is 4.38. The Balaban J connectivity index is 3.76. The van der Waals surface area contributed by atoms with E-state index in [1.54, 1.807) is 41.5 Å².